The van der Waals surface area contributed by atoms with E-state index in [0.717, 1.165) is 22.6 Å². The molecule has 1 aromatic carbocycles. The summed E-state index contributed by atoms with van der Waals surface area (Å²) in [5.41, 5.74) is 3.30. The molecule has 8 nitrogen and oxygen atoms in total. The van der Waals surface area contributed by atoms with Gasteiger partial charge in [-0.3, -0.25) is 4.79 Å². The second-order valence-electron chi connectivity index (χ2n) is 7.63. The first-order valence-electron chi connectivity index (χ1n) is 9.94. The lowest BCUT2D eigenvalue weighted by Crippen LogP contribution is -2.37. The van der Waals surface area contributed by atoms with Gasteiger partial charge in [0, 0.05) is 30.4 Å². The van der Waals surface area contributed by atoms with Crippen LogP contribution in [0.15, 0.2) is 18.2 Å². The van der Waals surface area contributed by atoms with Crippen LogP contribution in [-0.2, 0) is 11.3 Å². The molecule has 0 atom stereocenters. The Morgan fingerprint density at radius 3 is 2.62 bits per heavy atom. The van der Waals surface area contributed by atoms with Crippen molar-refractivity contribution in [2.75, 3.05) is 43.6 Å². The predicted molar refractivity (Wildman–Crippen MR) is 111 cm³/mol. The molecule has 4 rings (SSSR count). The molecule has 0 spiro atoms. The van der Waals surface area contributed by atoms with Crippen LogP contribution in [0.2, 0.25) is 0 Å². The van der Waals surface area contributed by atoms with Crippen molar-refractivity contribution in [1.29, 1.82) is 0 Å². The summed E-state index contributed by atoms with van der Waals surface area (Å²) >= 11 is 0. The fourth-order valence-electron chi connectivity index (χ4n) is 3.63. The zero-order valence-corrected chi connectivity index (χ0v) is 17.4. The Labute approximate surface area is 170 Å². The molecule has 1 amide bonds. The molecule has 1 aromatic heterocycles. The summed E-state index contributed by atoms with van der Waals surface area (Å²) in [6.45, 7) is 9.23. The monoisotopic (exact) mass is 397 g/mol. The maximum Gasteiger partial charge on any atom is 0.273 e. The zero-order valence-electron chi connectivity index (χ0n) is 17.4. The summed E-state index contributed by atoms with van der Waals surface area (Å²) in [6.07, 6.45) is 0. The van der Waals surface area contributed by atoms with Crippen molar-refractivity contribution >= 4 is 23.4 Å². The van der Waals surface area contributed by atoms with E-state index in [0.29, 0.717) is 50.3 Å². The second-order valence-corrected chi connectivity index (χ2v) is 7.63. The van der Waals surface area contributed by atoms with E-state index in [4.69, 9.17) is 14.5 Å². The van der Waals surface area contributed by atoms with Gasteiger partial charge in [0.2, 0.25) is 5.95 Å². The van der Waals surface area contributed by atoms with Gasteiger partial charge in [0.1, 0.15) is 17.3 Å². The van der Waals surface area contributed by atoms with Crippen molar-refractivity contribution < 1.29 is 14.3 Å². The van der Waals surface area contributed by atoms with E-state index in [-0.39, 0.29) is 11.9 Å². The Balaban J connectivity index is 1.75. The molecule has 0 aliphatic carbocycles. The van der Waals surface area contributed by atoms with Crippen LogP contribution in [0, 0.1) is 6.92 Å². The Morgan fingerprint density at radius 2 is 1.97 bits per heavy atom. The van der Waals surface area contributed by atoms with Gasteiger partial charge < -0.3 is 24.6 Å². The molecular formula is C21H27N5O3. The number of morpholine rings is 1. The highest BCUT2D eigenvalue weighted by Gasteiger charge is 2.35. The molecule has 0 bridgehead atoms. The van der Waals surface area contributed by atoms with Crippen LogP contribution in [0.4, 0.5) is 17.5 Å². The molecule has 3 heterocycles. The third-order valence-electron chi connectivity index (χ3n) is 5.39. The van der Waals surface area contributed by atoms with E-state index in [1.165, 1.54) is 0 Å². The van der Waals surface area contributed by atoms with E-state index in [9.17, 15) is 4.79 Å². The first kappa shape index (κ1) is 19.4. The third-order valence-corrected chi connectivity index (χ3v) is 5.39. The molecule has 0 saturated carbocycles. The van der Waals surface area contributed by atoms with E-state index in [1.54, 1.807) is 7.11 Å². The molecular weight excluding hydrogens is 370 g/mol. The molecule has 8 heteroatoms. The van der Waals surface area contributed by atoms with Crippen molar-refractivity contribution in [2.24, 2.45) is 0 Å². The van der Waals surface area contributed by atoms with Crippen LogP contribution in [0.3, 0.4) is 0 Å². The summed E-state index contributed by atoms with van der Waals surface area (Å²) in [5, 5.41) is 3.44. The van der Waals surface area contributed by atoms with Gasteiger partial charge in [-0.05, 0) is 44.5 Å². The summed E-state index contributed by atoms with van der Waals surface area (Å²) in [6, 6.07) is 5.94. The highest BCUT2D eigenvalue weighted by atomic mass is 16.5. The first-order valence-corrected chi connectivity index (χ1v) is 9.94. The fourth-order valence-corrected chi connectivity index (χ4v) is 3.63. The van der Waals surface area contributed by atoms with Gasteiger partial charge in [0.05, 0.1) is 26.9 Å². The Morgan fingerprint density at radius 1 is 1.21 bits per heavy atom. The minimum Gasteiger partial charge on any atom is -0.497 e. The van der Waals surface area contributed by atoms with E-state index >= 15 is 0 Å². The Bertz CT molecular complexity index is 925. The van der Waals surface area contributed by atoms with Crippen molar-refractivity contribution in [1.82, 2.24) is 14.9 Å². The zero-order chi connectivity index (χ0) is 20.5. The van der Waals surface area contributed by atoms with Gasteiger partial charge >= 0.3 is 0 Å². The number of aromatic nitrogens is 2. The molecule has 154 valence electrons. The van der Waals surface area contributed by atoms with E-state index < -0.39 is 0 Å². The van der Waals surface area contributed by atoms with Crippen molar-refractivity contribution in [3.05, 3.63) is 35.0 Å². The van der Waals surface area contributed by atoms with Crippen LogP contribution in [0.5, 0.6) is 5.75 Å². The van der Waals surface area contributed by atoms with E-state index in [2.05, 4.69) is 15.2 Å². The Kier molecular flexibility index (Phi) is 5.27. The molecule has 1 fully saturated rings. The second kappa shape index (κ2) is 7.87. The highest BCUT2D eigenvalue weighted by Crippen LogP contribution is 2.33. The van der Waals surface area contributed by atoms with Crippen LogP contribution in [-0.4, -0.2) is 60.2 Å². The Hall–Kier alpha value is -2.87. The van der Waals surface area contributed by atoms with Gasteiger partial charge in [-0.15, -0.1) is 0 Å². The number of anilines is 3. The topological polar surface area (TPSA) is 79.8 Å². The number of hydrogen-bond acceptors (Lipinski definition) is 7. The molecule has 0 unspecified atom stereocenters. The molecule has 2 aromatic rings. The number of carbonyl (C=O) groups excluding carboxylic acids is 1. The molecule has 1 N–H and O–H groups in total. The predicted octanol–water partition coefficient (Wildman–Crippen LogP) is 2.74. The van der Waals surface area contributed by atoms with Crippen LogP contribution < -0.4 is 15.0 Å². The first-order chi connectivity index (χ1) is 14.0. The largest absolute Gasteiger partial charge is 0.497 e. The van der Waals surface area contributed by atoms with Gasteiger partial charge in [0.15, 0.2) is 0 Å². The minimum atomic E-state index is -0.0404. The third kappa shape index (κ3) is 3.72. The smallest absolute Gasteiger partial charge is 0.273 e. The number of benzene rings is 1. The fraction of sp³-hybridized carbons (Fsp3) is 0.476. The van der Waals surface area contributed by atoms with Gasteiger partial charge in [-0.25, -0.2) is 4.98 Å². The SMILES string of the molecule is COc1ccc(Nc2nc(N3CCOCC3)nc3c2CN(C(C)C)C3=O)c(C)c1. The molecule has 2 aliphatic rings. The average Bonchev–Trinajstić information content (AvgIpc) is 3.07. The number of hydrogen-bond donors (Lipinski definition) is 1. The number of amides is 1. The number of rotatable bonds is 5. The summed E-state index contributed by atoms with van der Waals surface area (Å²) < 4.78 is 10.8. The number of ether oxygens (including phenoxy) is 2. The molecule has 2 aliphatic heterocycles. The number of carbonyl (C=O) groups is 1. The van der Waals surface area contributed by atoms with Crippen LogP contribution in [0.1, 0.15) is 35.5 Å². The molecule has 1 saturated heterocycles. The van der Waals surface area contributed by atoms with Gasteiger partial charge in [-0.1, -0.05) is 0 Å². The number of methoxy groups -OCH3 is 1. The lowest BCUT2D eigenvalue weighted by Gasteiger charge is -2.27. The average molecular weight is 397 g/mol. The standard InChI is InChI=1S/C21H27N5O3/c1-13(2)26-12-16-18(20(26)27)23-21(25-7-9-29-10-8-25)24-19(16)22-17-6-5-15(28-4)11-14(17)3/h5-6,11,13H,7-10,12H2,1-4H3,(H,22,23,24). The van der Waals surface area contributed by atoms with E-state index in [1.807, 2.05) is 43.9 Å². The van der Waals surface area contributed by atoms with Gasteiger partial charge in [-0.2, -0.15) is 4.98 Å². The van der Waals surface area contributed by atoms with Crippen molar-refractivity contribution in [3.8, 4) is 5.75 Å². The van der Waals surface area contributed by atoms with Crippen LogP contribution in [0.25, 0.3) is 0 Å². The summed E-state index contributed by atoms with van der Waals surface area (Å²) in [5.74, 6) is 2.01. The summed E-state index contributed by atoms with van der Waals surface area (Å²) in [7, 11) is 1.65. The quantitative estimate of drug-likeness (QED) is 0.831. The summed E-state index contributed by atoms with van der Waals surface area (Å²) in [4.78, 5) is 26.3. The lowest BCUT2D eigenvalue weighted by atomic mass is 10.1. The molecule has 0 radical (unpaired) electrons. The van der Waals surface area contributed by atoms with Gasteiger partial charge in [0.25, 0.3) is 5.91 Å². The van der Waals surface area contributed by atoms with Crippen LogP contribution >= 0.6 is 0 Å². The normalized spacial score (nSPS) is 16.4. The number of nitrogens with one attached hydrogen (secondary N) is 1. The minimum absolute atomic E-state index is 0.0404. The number of aryl methyl sites for hydroxylation is 1. The highest BCUT2D eigenvalue weighted by molar-refractivity contribution is 5.98. The van der Waals surface area contributed by atoms with Crippen molar-refractivity contribution in [2.45, 2.75) is 33.4 Å². The van der Waals surface area contributed by atoms with Crippen molar-refractivity contribution in [3.63, 3.8) is 0 Å². The lowest BCUT2D eigenvalue weighted by molar-refractivity contribution is 0.0726. The maximum absolute atomic E-state index is 13.0. The number of fused-ring (bicyclic) bond motifs is 1. The molecule has 29 heavy (non-hydrogen) atoms. The number of nitrogens with zero attached hydrogens (tertiary/aromatic N) is 4. The maximum atomic E-state index is 13.0.